The van der Waals surface area contributed by atoms with Crippen LogP contribution in [-0.4, -0.2) is 13.9 Å². The zero-order valence-corrected chi connectivity index (χ0v) is 13.4. The molecule has 1 nitrogen and oxygen atoms in total. The van der Waals surface area contributed by atoms with Crippen molar-refractivity contribution in [2.75, 3.05) is 0 Å². The van der Waals surface area contributed by atoms with Crippen molar-refractivity contribution in [3.8, 4) is 11.5 Å². The fourth-order valence-electron chi connectivity index (χ4n) is 1.52. The lowest BCUT2D eigenvalue weighted by molar-refractivity contribution is -0.121. The highest BCUT2D eigenvalue weighted by Gasteiger charge is 2.25. The van der Waals surface area contributed by atoms with Crippen LogP contribution < -0.4 is 0 Å². The fourth-order valence-corrected chi connectivity index (χ4v) is 2.01. The van der Waals surface area contributed by atoms with Crippen LogP contribution in [0.25, 0.3) is 0 Å². The first-order valence-electron chi connectivity index (χ1n) is 6.76. The monoisotopic (exact) mass is 252 g/mol. The zero-order valence-electron chi connectivity index (χ0n) is 12.4. The Morgan fingerprint density at radius 2 is 1.71 bits per heavy atom. The molecular weight excluding hydrogens is 224 g/mol. The van der Waals surface area contributed by atoms with E-state index in [-0.39, 0.29) is 11.2 Å². The summed E-state index contributed by atoms with van der Waals surface area (Å²) < 4.78 is 0. The minimum Gasteiger partial charge on any atom is -0.284 e. The number of Topliss-reactive ketones (excluding diaryl/α,β-unsaturated/α-hetero) is 1. The van der Waals surface area contributed by atoms with E-state index in [1.807, 2.05) is 13.8 Å². The van der Waals surface area contributed by atoms with Crippen LogP contribution >= 0.6 is 0 Å². The minimum absolute atomic E-state index is 0.122. The van der Waals surface area contributed by atoms with Crippen LogP contribution in [0.15, 0.2) is 0 Å². The fraction of sp³-hybridized carbons (Fsp3) is 0.800. The minimum atomic E-state index is -1.42. The lowest BCUT2D eigenvalue weighted by Gasteiger charge is -2.20. The Kier molecular flexibility index (Phi) is 6.78. The third-order valence-electron chi connectivity index (χ3n) is 2.82. The number of carbonyl (C=O) groups excluding carboxylic acids is 1. The Hall–Kier alpha value is -0.553. The summed E-state index contributed by atoms with van der Waals surface area (Å²) in [5.41, 5.74) is 2.91. The Morgan fingerprint density at radius 1 is 1.12 bits per heavy atom. The zero-order chi connectivity index (χ0) is 13.5. The molecule has 0 atom stereocenters. The van der Waals surface area contributed by atoms with Gasteiger partial charge in [0.05, 0.1) is 0 Å². The second-order valence-electron chi connectivity index (χ2n) is 6.52. The molecule has 0 aromatic carbocycles. The molecule has 0 N–H and O–H groups in total. The normalized spacial score (nSPS) is 11.9. The first kappa shape index (κ1) is 16.4. The first-order chi connectivity index (χ1) is 7.69. The summed E-state index contributed by atoms with van der Waals surface area (Å²) in [6, 6.07) is 0. The van der Waals surface area contributed by atoms with Crippen molar-refractivity contribution >= 4 is 13.9 Å². The summed E-state index contributed by atoms with van der Waals surface area (Å²) in [6.45, 7) is 12.8. The molecule has 98 valence electrons. The molecule has 0 aromatic rings. The molecule has 0 amide bonds. The van der Waals surface area contributed by atoms with E-state index in [1.54, 1.807) is 0 Å². The molecule has 0 unspecified atom stereocenters. The molecule has 0 radical (unpaired) electrons. The van der Waals surface area contributed by atoms with Crippen molar-refractivity contribution in [2.45, 2.75) is 72.5 Å². The predicted octanol–water partition coefficient (Wildman–Crippen LogP) is 4.43. The number of rotatable bonds is 6. The van der Waals surface area contributed by atoms with E-state index in [1.165, 1.54) is 19.3 Å². The van der Waals surface area contributed by atoms with Crippen LogP contribution in [0.1, 0.15) is 52.9 Å². The molecule has 0 aromatic heterocycles. The topological polar surface area (TPSA) is 17.1 Å². The molecule has 0 spiro atoms. The van der Waals surface area contributed by atoms with E-state index in [2.05, 4.69) is 38.0 Å². The largest absolute Gasteiger partial charge is 0.284 e. The smallest absolute Gasteiger partial charge is 0.210 e. The number of hydrogen-bond acceptors (Lipinski definition) is 1. The standard InChI is InChI=1S/C15H28OSi/c1-7-8-9-10-12-15(2,3)14(16)11-13-17(4,5)6/h7-10,12H2,1-6H3. The van der Waals surface area contributed by atoms with Crippen LogP contribution in [-0.2, 0) is 4.79 Å². The maximum Gasteiger partial charge on any atom is 0.210 e. The van der Waals surface area contributed by atoms with Crippen LogP contribution in [0.5, 0.6) is 0 Å². The number of hydrogen-bond donors (Lipinski definition) is 0. The summed E-state index contributed by atoms with van der Waals surface area (Å²) in [5.74, 6) is 3.00. The Morgan fingerprint density at radius 3 is 2.18 bits per heavy atom. The average molecular weight is 252 g/mol. The molecule has 0 aliphatic carbocycles. The molecule has 2 heteroatoms. The molecular formula is C15H28OSi. The molecule has 0 saturated heterocycles. The molecule has 17 heavy (non-hydrogen) atoms. The van der Waals surface area contributed by atoms with Gasteiger partial charge in [0.2, 0.25) is 5.78 Å². The van der Waals surface area contributed by atoms with Crippen molar-refractivity contribution < 1.29 is 4.79 Å². The van der Waals surface area contributed by atoms with Gasteiger partial charge in [-0.3, -0.25) is 4.79 Å². The molecule has 0 aliphatic heterocycles. The van der Waals surface area contributed by atoms with Crippen molar-refractivity contribution in [1.82, 2.24) is 0 Å². The quantitative estimate of drug-likeness (QED) is 0.388. The van der Waals surface area contributed by atoms with Gasteiger partial charge in [-0.25, -0.2) is 0 Å². The highest BCUT2D eigenvalue weighted by molar-refractivity contribution is 6.84. The Labute approximate surface area is 108 Å². The number of carbonyl (C=O) groups is 1. The molecule has 0 fully saturated rings. The first-order valence-corrected chi connectivity index (χ1v) is 10.3. The van der Waals surface area contributed by atoms with Gasteiger partial charge in [-0.15, -0.1) is 5.54 Å². The second-order valence-corrected chi connectivity index (χ2v) is 11.3. The van der Waals surface area contributed by atoms with E-state index in [4.69, 9.17) is 0 Å². The van der Waals surface area contributed by atoms with E-state index in [9.17, 15) is 4.79 Å². The van der Waals surface area contributed by atoms with Crippen LogP contribution in [0.2, 0.25) is 19.6 Å². The van der Waals surface area contributed by atoms with Gasteiger partial charge >= 0.3 is 0 Å². The van der Waals surface area contributed by atoms with Gasteiger partial charge in [0, 0.05) is 5.41 Å². The lowest BCUT2D eigenvalue weighted by atomic mass is 9.83. The van der Waals surface area contributed by atoms with E-state index in [0.717, 1.165) is 12.8 Å². The van der Waals surface area contributed by atoms with Crippen LogP contribution in [0, 0.1) is 16.9 Å². The van der Waals surface area contributed by atoms with Gasteiger partial charge < -0.3 is 0 Å². The van der Waals surface area contributed by atoms with Crippen molar-refractivity contribution in [2.24, 2.45) is 5.41 Å². The van der Waals surface area contributed by atoms with Gasteiger partial charge in [0.1, 0.15) is 8.07 Å². The van der Waals surface area contributed by atoms with Crippen molar-refractivity contribution in [3.05, 3.63) is 0 Å². The Bertz CT molecular complexity index is 299. The highest BCUT2D eigenvalue weighted by atomic mass is 28.3. The van der Waals surface area contributed by atoms with Crippen LogP contribution in [0.4, 0.5) is 0 Å². The van der Waals surface area contributed by atoms with E-state index in [0.29, 0.717) is 0 Å². The molecule has 0 heterocycles. The average Bonchev–Trinajstić information content (AvgIpc) is 2.20. The third-order valence-corrected chi connectivity index (χ3v) is 3.70. The van der Waals surface area contributed by atoms with E-state index < -0.39 is 8.07 Å². The summed E-state index contributed by atoms with van der Waals surface area (Å²) in [6.07, 6.45) is 5.84. The maximum absolute atomic E-state index is 12.0. The third kappa shape index (κ3) is 8.21. The summed E-state index contributed by atoms with van der Waals surface area (Å²) in [7, 11) is -1.42. The van der Waals surface area contributed by atoms with Crippen LogP contribution in [0.3, 0.4) is 0 Å². The maximum atomic E-state index is 12.0. The highest BCUT2D eigenvalue weighted by Crippen LogP contribution is 2.24. The van der Waals surface area contributed by atoms with Gasteiger partial charge in [0.25, 0.3) is 0 Å². The predicted molar refractivity (Wildman–Crippen MR) is 78.7 cm³/mol. The van der Waals surface area contributed by atoms with Crippen molar-refractivity contribution in [3.63, 3.8) is 0 Å². The van der Waals surface area contributed by atoms with Gasteiger partial charge in [-0.1, -0.05) is 66.1 Å². The van der Waals surface area contributed by atoms with Gasteiger partial charge in [-0.05, 0) is 12.3 Å². The molecule has 0 aliphatic rings. The Balaban J connectivity index is 4.29. The summed E-state index contributed by atoms with van der Waals surface area (Å²) in [5, 5.41) is 0. The SMILES string of the molecule is CCCCCCC(C)(C)C(=O)C#C[Si](C)(C)C. The number of unbranched alkanes of at least 4 members (excludes halogenated alkanes) is 3. The lowest BCUT2D eigenvalue weighted by Crippen LogP contribution is -2.24. The number of ketones is 1. The molecule has 0 rings (SSSR count). The van der Waals surface area contributed by atoms with Crippen molar-refractivity contribution in [1.29, 1.82) is 0 Å². The van der Waals surface area contributed by atoms with E-state index >= 15 is 0 Å². The molecule has 0 bridgehead atoms. The van der Waals surface area contributed by atoms with Gasteiger partial charge in [0.15, 0.2) is 0 Å². The van der Waals surface area contributed by atoms with Gasteiger partial charge in [-0.2, -0.15) is 0 Å². The second kappa shape index (κ2) is 7.01. The molecule has 0 saturated carbocycles. The summed E-state index contributed by atoms with van der Waals surface area (Å²) >= 11 is 0. The summed E-state index contributed by atoms with van der Waals surface area (Å²) in [4.78, 5) is 12.0.